The van der Waals surface area contributed by atoms with E-state index in [9.17, 15) is 19.1 Å². The lowest BCUT2D eigenvalue weighted by molar-refractivity contribution is -0.111. The Morgan fingerprint density at radius 1 is 1.22 bits per heavy atom. The second-order valence-corrected chi connectivity index (χ2v) is 9.92. The standard InChI is InChI=1S/C26H25FN4O4S/c1-26(2)19(12-21(35-26)23-18-6-4-16(27)11-20(18)30-24(23)33)15-3-5-17(29-13-15)7-8-28-9-10-31-22(32)14-36-25(31)34/h3-6,11-14,28,32H,7-10H2,1-2H3,(H,30,33). The number of hydrogen-bond donors (Lipinski definition) is 3. The quantitative estimate of drug-likeness (QED) is 0.333. The smallest absolute Gasteiger partial charge is 0.310 e. The maximum Gasteiger partial charge on any atom is 0.310 e. The van der Waals surface area contributed by atoms with Gasteiger partial charge in [0.05, 0.1) is 16.6 Å². The van der Waals surface area contributed by atoms with Crippen molar-refractivity contribution in [2.75, 3.05) is 18.4 Å². The van der Waals surface area contributed by atoms with Gasteiger partial charge in [0.25, 0.3) is 5.91 Å². The highest BCUT2D eigenvalue weighted by molar-refractivity contribution is 7.07. The predicted molar refractivity (Wildman–Crippen MR) is 136 cm³/mol. The third-order valence-electron chi connectivity index (χ3n) is 6.23. The Kier molecular flexibility index (Phi) is 6.23. The average molecular weight is 509 g/mol. The summed E-state index contributed by atoms with van der Waals surface area (Å²) in [7, 11) is 0. The van der Waals surface area contributed by atoms with Crippen molar-refractivity contribution >= 4 is 34.1 Å². The molecule has 8 nitrogen and oxygen atoms in total. The summed E-state index contributed by atoms with van der Waals surface area (Å²) in [6.45, 7) is 5.49. The summed E-state index contributed by atoms with van der Waals surface area (Å²) >= 11 is 0.978. The van der Waals surface area contributed by atoms with Crippen molar-refractivity contribution in [3.63, 3.8) is 0 Å². The maximum absolute atomic E-state index is 13.6. The van der Waals surface area contributed by atoms with E-state index in [-0.39, 0.29) is 16.7 Å². The van der Waals surface area contributed by atoms with Crippen LogP contribution in [-0.2, 0) is 22.5 Å². The van der Waals surface area contributed by atoms with Crippen LogP contribution in [0, 0.1) is 5.82 Å². The zero-order valence-electron chi connectivity index (χ0n) is 19.8. The van der Waals surface area contributed by atoms with E-state index in [2.05, 4.69) is 15.6 Å². The van der Waals surface area contributed by atoms with Gasteiger partial charge in [-0.15, -0.1) is 0 Å². The molecule has 2 aliphatic rings. The second kappa shape index (κ2) is 9.36. The Morgan fingerprint density at radius 2 is 2.06 bits per heavy atom. The summed E-state index contributed by atoms with van der Waals surface area (Å²) in [4.78, 5) is 28.7. The van der Waals surface area contributed by atoms with Crippen LogP contribution in [0.5, 0.6) is 5.88 Å². The number of thiazole rings is 1. The highest BCUT2D eigenvalue weighted by atomic mass is 32.1. The van der Waals surface area contributed by atoms with Gasteiger partial charge in [0.1, 0.15) is 17.2 Å². The first-order valence-corrected chi connectivity index (χ1v) is 12.4. The largest absolute Gasteiger partial charge is 0.494 e. The van der Waals surface area contributed by atoms with Crippen molar-refractivity contribution in [2.24, 2.45) is 0 Å². The van der Waals surface area contributed by atoms with Crippen molar-refractivity contribution in [1.82, 2.24) is 14.9 Å². The first-order valence-electron chi connectivity index (χ1n) is 11.5. The predicted octanol–water partition coefficient (Wildman–Crippen LogP) is 3.54. The number of halogens is 1. The number of aromatic nitrogens is 2. The molecular weight excluding hydrogens is 483 g/mol. The number of anilines is 1. The third-order valence-corrected chi connectivity index (χ3v) is 6.98. The fourth-order valence-corrected chi connectivity index (χ4v) is 5.05. The van der Waals surface area contributed by atoms with Crippen LogP contribution in [0.25, 0.3) is 11.1 Å². The van der Waals surface area contributed by atoms with E-state index in [1.54, 1.807) is 12.3 Å². The minimum absolute atomic E-state index is 0.0114. The summed E-state index contributed by atoms with van der Waals surface area (Å²) in [5, 5.41) is 17.0. The number of amides is 1. The molecule has 0 aliphatic carbocycles. The van der Waals surface area contributed by atoms with Gasteiger partial charge in [-0.2, -0.15) is 0 Å². The summed E-state index contributed by atoms with van der Waals surface area (Å²) in [5.41, 5.74) is 3.45. The van der Waals surface area contributed by atoms with E-state index in [4.69, 9.17) is 4.74 Å². The Labute approximate surface area is 210 Å². The summed E-state index contributed by atoms with van der Waals surface area (Å²) in [6.07, 6.45) is 4.35. The Hall–Kier alpha value is -3.76. The van der Waals surface area contributed by atoms with Crippen LogP contribution in [0.4, 0.5) is 10.1 Å². The highest BCUT2D eigenvalue weighted by Crippen LogP contribution is 2.44. The molecule has 3 N–H and O–H groups in total. The first-order chi connectivity index (χ1) is 17.2. The number of nitrogens with one attached hydrogen (secondary N) is 2. The minimum Gasteiger partial charge on any atom is -0.494 e. The lowest BCUT2D eigenvalue weighted by Gasteiger charge is -2.23. The number of rotatable bonds is 7. The van der Waals surface area contributed by atoms with E-state index in [0.717, 1.165) is 28.2 Å². The molecule has 1 aromatic carbocycles. The van der Waals surface area contributed by atoms with Gasteiger partial charge >= 0.3 is 4.87 Å². The van der Waals surface area contributed by atoms with E-state index in [0.29, 0.717) is 48.6 Å². The lowest BCUT2D eigenvalue weighted by Crippen LogP contribution is -2.25. The SMILES string of the molecule is CC1(C)OC(=C2C(=O)Nc3cc(F)ccc32)C=C1c1ccc(CCNCCn2c(O)csc2=O)nc1. The molecule has 5 rings (SSSR count). The topological polar surface area (TPSA) is 105 Å². The minimum atomic E-state index is -0.679. The van der Waals surface area contributed by atoms with Gasteiger partial charge in [-0.05, 0) is 44.2 Å². The second-order valence-electron chi connectivity index (χ2n) is 9.10. The number of benzene rings is 1. The number of carbonyl (C=O) groups is 1. The molecule has 0 saturated carbocycles. The average Bonchev–Trinajstić information content (AvgIpc) is 3.45. The molecule has 4 heterocycles. The summed E-state index contributed by atoms with van der Waals surface area (Å²) < 4.78 is 21.1. The van der Waals surface area contributed by atoms with Crippen molar-refractivity contribution in [3.8, 4) is 5.88 Å². The lowest BCUT2D eigenvalue weighted by atomic mass is 9.93. The van der Waals surface area contributed by atoms with Crippen LogP contribution >= 0.6 is 11.3 Å². The molecule has 0 spiro atoms. The molecule has 0 fully saturated rings. The Bertz CT molecular complexity index is 1450. The molecule has 2 aromatic heterocycles. The van der Waals surface area contributed by atoms with Crippen LogP contribution in [-0.4, -0.2) is 39.3 Å². The number of carbonyl (C=O) groups excluding carboxylic acids is 1. The Balaban J connectivity index is 1.26. The number of nitrogens with zero attached hydrogens (tertiary/aromatic N) is 2. The molecule has 186 valence electrons. The van der Waals surface area contributed by atoms with E-state index in [1.165, 1.54) is 22.1 Å². The number of aromatic hydroxyl groups is 1. The fraction of sp³-hybridized carbons (Fsp3) is 0.269. The molecule has 0 unspecified atom stereocenters. The molecule has 0 radical (unpaired) electrons. The van der Waals surface area contributed by atoms with Gasteiger partial charge in [-0.3, -0.25) is 19.1 Å². The summed E-state index contributed by atoms with van der Waals surface area (Å²) in [6, 6.07) is 8.14. The van der Waals surface area contributed by atoms with Gasteiger partial charge in [0.15, 0.2) is 0 Å². The molecule has 0 saturated heterocycles. The zero-order valence-corrected chi connectivity index (χ0v) is 20.6. The fourth-order valence-electron chi connectivity index (χ4n) is 4.40. The monoisotopic (exact) mass is 508 g/mol. The van der Waals surface area contributed by atoms with Crippen molar-refractivity contribution in [2.45, 2.75) is 32.4 Å². The van der Waals surface area contributed by atoms with Crippen LogP contribution in [0.2, 0.25) is 0 Å². The highest BCUT2D eigenvalue weighted by Gasteiger charge is 2.38. The third kappa shape index (κ3) is 4.57. The number of hydrogen-bond acceptors (Lipinski definition) is 7. The molecule has 0 bridgehead atoms. The first kappa shape index (κ1) is 24.0. The molecule has 3 aromatic rings. The maximum atomic E-state index is 13.6. The Morgan fingerprint density at radius 3 is 2.78 bits per heavy atom. The van der Waals surface area contributed by atoms with E-state index in [1.807, 2.05) is 32.1 Å². The molecule has 10 heteroatoms. The molecular formula is C26H25FN4O4S. The van der Waals surface area contributed by atoms with Crippen LogP contribution < -0.4 is 15.5 Å². The molecule has 1 amide bonds. The number of pyridine rings is 1. The summed E-state index contributed by atoms with van der Waals surface area (Å²) in [5.74, 6) is -0.300. The van der Waals surface area contributed by atoms with Crippen molar-refractivity contribution in [3.05, 3.63) is 86.0 Å². The zero-order chi connectivity index (χ0) is 25.4. The molecule has 2 aliphatic heterocycles. The van der Waals surface area contributed by atoms with Crippen molar-refractivity contribution in [1.29, 1.82) is 0 Å². The van der Waals surface area contributed by atoms with Crippen LogP contribution in [0.15, 0.2) is 58.5 Å². The van der Waals surface area contributed by atoms with Gasteiger partial charge in [0.2, 0.25) is 5.88 Å². The molecule has 0 atom stereocenters. The van der Waals surface area contributed by atoms with Crippen molar-refractivity contribution < 1.29 is 19.0 Å². The number of fused-ring (bicyclic) bond motifs is 1. The van der Waals surface area contributed by atoms with Gasteiger partial charge in [-0.25, -0.2) is 4.39 Å². The van der Waals surface area contributed by atoms with E-state index < -0.39 is 11.4 Å². The van der Waals surface area contributed by atoms with E-state index >= 15 is 0 Å². The molecule has 36 heavy (non-hydrogen) atoms. The number of allylic oxidation sites excluding steroid dienone is 1. The van der Waals surface area contributed by atoms with Gasteiger partial charge in [-0.1, -0.05) is 17.4 Å². The van der Waals surface area contributed by atoms with Gasteiger partial charge < -0.3 is 20.5 Å². The van der Waals surface area contributed by atoms with Crippen LogP contribution in [0.3, 0.4) is 0 Å². The number of ether oxygens (including phenoxy) is 1. The van der Waals surface area contributed by atoms with Gasteiger partial charge in [0, 0.05) is 54.6 Å². The van der Waals surface area contributed by atoms with Crippen LogP contribution in [0.1, 0.15) is 30.7 Å². The normalized spacial score (nSPS) is 18.1.